The topological polar surface area (TPSA) is 78.6 Å². The van der Waals surface area contributed by atoms with Crippen molar-refractivity contribution in [3.8, 4) is 0 Å². The van der Waals surface area contributed by atoms with Crippen LogP contribution in [0.1, 0.15) is 24.2 Å². The van der Waals surface area contributed by atoms with E-state index < -0.39 is 5.97 Å². The van der Waals surface area contributed by atoms with Gasteiger partial charge in [-0.25, -0.2) is 4.79 Å². The molecular formula is C13H21N3O2. The Morgan fingerprint density at radius 3 is 2.61 bits per heavy atom. The minimum Gasteiger partial charge on any atom is -0.478 e. The number of nitrogens with zero attached hydrogens (tertiary/aromatic N) is 1. The van der Waals surface area contributed by atoms with Gasteiger partial charge in [-0.1, -0.05) is 13.8 Å². The molecule has 5 heteroatoms. The van der Waals surface area contributed by atoms with E-state index in [0.717, 1.165) is 31.9 Å². The Hall–Kier alpha value is -1.75. The molecule has 0 heterocycles. The summed E-state index contributed by atoms with van der Waals surface area (Å²) in [6, 6.07) is 4.98. The Morgan fingerprint density at radius 2 is 2.06 bits per heavy atom. The lowest BCUT2D eigenvalue weighted by Crippen LogP contribution is -2.28. The lowest BCUT2D eigenvalue weighted by molar-refractivity contribution is 0.0698. The summed E-state index contributed by atoms with van der Waals surface area (Å²) in [7, 11) is 0. The van der Waals surface area contributed by atoms with Crippen molar-refractivity contribution in [2.75, 3.05) is 37.2 Å². The van der Waals surface area contributed by atoms with Gasteiger partial charge in [-0.2, -0.15) is 0 Å². The number of rotatable bonds is 7. The number of carbonyl (C=O) groups is 1. The van der Waals surface area contributed by atoms with Crippen LogP contribution in [0.3, 0.4) is 0 Å². The quantitative estimate of drug-likeness (QED) is 0.643. The van der Waals surface area contributed by atoms with E-state index in [0.29, 0.717) is 0 Å². The molecule has 0 aliphatic rings. The lowest BCUT2D eigenvalue weighted by Gasteiger charge is -2.18. The number of aromatic carboxylic acids is 1. The van der Waals surface area contributed by atoms with Crippen molar-refractivity contribution in [3.05, 3.63) is 23.8 Å². The maximum Gasteiger partial charge on any atom is 0.337 e. The van der Waals surface area contributed by atoms with Gasteiger partial charge in [-0.3, -0.25) is 0 Å². The molecule has 0 saturated heterocycles. The molecule has 0 aliphatic carbocycles. The van der Waals surface area contributed by atoms with Gasteiger partial charge in [-0.15, -0.1) is 0 Å². The summed E-state index contributed by atoms with van der Waals surface area (Å²) in [4.78, 5) is 13.2. The zero-order chi connectivity index (χ0) is 13.5. The highest BCUT2D eigenvalue weighted by Crippen LogP contribution is 2.17. The van der Waals surface area contributed by atoms with Crippen LogP contribution in [0.15, 0.2) is 18.2 Å². The number of hydrogen-bond acceptors (Lipinski definition) is 4. The Morgan fingerprint density at radius 1 is 1.39 bits per heavy atom. The number of hydrogen-bond donors (Lipinski definition) is 3. The van der Waals surface area contributed by atoms with E-state index in [2.05, 4.69) is 24.1 Å². The Labute approximate surface area is 108 Å². The predicted octanol–water partition coefficient (Wildman–Crippen LogP) is 1.72. The van der Waals surface area contributed by atoms with Crippen molar-refractivity contribution in [1.82, 2.24) is 4.90 Å². The van der Waals surface area contributed by atoms with Gasteiger partial charge >= 0.3 is 5.97 Å². The van der Waals surface area contributed by atoms with Gasteiger partial charge in [0.15, 0.2) is 0 Å². The monoisotopic (exact) mass is 251 g/mol. The molecule has 5 nitrogen and oxygen atoms in total. The van der Waals surface area contributed by atoms with Crippen LogP contribution in [0, 0.1) is 0 Å². The van der Waals surface area contributed by atoms with Crippen molar-refractivity contribution in [2.24, 2.45) is 0 Å². The molecular weight excluding hydrogens is 230 g/mol. The van der Waals surface area contributed by atoms with Crippen LogP contribution in [0.2, 0.25) is 0 Å². The number of nitrogen functional groups attached to an aromatic ring is 1. The van der Waals surface area contributed by atoms with E-state index in [1.807, 2.05) is 0 Å². The number of benzene rings is 1. The summed E-state index contributed by atoms with van der Waals surface area (Å²) in [6.07, 6.45) is 0. The zero-order valence-corrected chi connectivity index (χ0v) is 10.9. The number of nitrogens with two attached hydrogens (primary N) is 1. The minimum atomic E-state index is -1.00. The average Bonchev–Trinajstić information content (AvgIpc) is 2.36. The van der Waals surface area contributed by atoms with Gasteiger partial charge in [0, 0.05) is 24.5 Å². The van der Waals surface area contributed by atoms with Crippen LogP contribution in [-0.4, -0.2) is 42.2 Å². The molecule has 0 amide bonds. The van der Waals surface area contributed by atoms with Crippen LogP contribution < -0.4 is 11.1 Å². The van der Waals surface area contributed by atoms with Gasteiger partial charge in [0.2, 0.25) is 0 Å². The normalized spacial score (nSPS) is 10.6. The molecule has 1 aromatic rings. The van der Waals surface area contributed by atoms with E-state index in [-0.39, 0.29) is 11.3 Å². The van der Waals surface area contributed by atoms with Gasteiger partial charge in [0.25, 0.3) is 0 Å². The fraction of sp³-hybridized carbons (Fsp3) is 0.462. The highest BCUT2D eigenvalue weighted by Gasteiger charge is 2.08. The van der Waals surface area contributed by atoms with Gasteiger partial charge in [0.05, 0.1) is 5.56 Å². The van der Waals surface area contributed by atoms with Gasteiger partial charge in [-0.05, 0) is 31.3 Å². The maximum atomic E-state index is 10.9. The fourth-order valence-corrected chi connectivity index (χ4v) is 1.75. The molecule has 4 N–H and O–H groups in total. The maximum absolute atomic E-state index is 10.9. The fourth-order valence-electron chi connectivity index (χ4n) is 1.75. The third-order valence-electron chi connectivity index (χ3n) is 2.94. The molecule has 100 valence electrons. The number of anilines is 2. The molecule has 1 aromatic carbocycles. The number of carboxylic acids is 1. The third kappa shape index (κ3) is 3.92. The molecule has 0 unspecified atom stereocenters. The van der Waals surface area contributed by atoms with E-state index in [4.69, 9.17) is 10.8 Å². The number of nitrogens with one attached hydrogen (secondary N) is 1. The van der Waals surface area contributed by atoms with E-state index in [1.54, 1.807) is 18.2 Å². The van der Waals surface area contributed by atoms with E-state index in [9.17, 15) is 4.79 Å². The molecule has 0 fully saturated rings. The van der Waals surface area contributed by atoms with Crippen molar-refractivity contribution >= 4 is 17.3 Å². The Bertz CT molecular complexity index is 403. The summed E-state index contributed by atoms with van der Waals surface area (Å²) in [5, 5.41) is 12.2. The second-order valence-corrected chi connectivity index (χ2v) is 4.06. The molecule has 0 atom stereocenters. The number of carboxylic acid groups (broad SMARTS) is 1. The smallest absolute Gasteiger partial charge is 0.337 e. The Kier molecular flexibility index (Phi) is 5.45. The third-order valence-corrected chi connectivity index (χ3v) is 2.94. The second kappa shape index (κ2) is 6.86. The van der Waals surface area contributed by atoms with Crippen molar-refractivity contribution < 1.29 is 9.90 Å². The zero-order valence-electron chi connectivity index (χ0n) is 10.9. The van der Waals surface area contributed by atoms with E-state index in [1.165, 1.54) is 0 Å². The van der Waals surface area contributed by atoms with Crippen LogP contribution >= 0.6 is 0 Å². The molecule has 0 aromatic heterocycles. The summed E-state index contributed by atoms with van der Waals surface area (Å²) in [5.74, 6) is -1.00. The molecule has 0 spiro atoms. The van der Waals surface area contributed by atoms with Crippen LogP contribution in [-0.2, 0) is 0 Å². The van der Waals surface area contributed by atoms with E-state index >= 15 is 0 Å². The summed E-state index contributed by atoms with van der Waals surface area (Å²) < 4.78 is 0. The van der Waals surface area contributed by atoms with Crippen molar-refractivity contribution in [1.29, 1.82) is 0 Å². The molecule has 0 aliphatic heterocycles. The number of likely N-dealkylation sites (N-methyl/N-ethyl adjacent to an activating group) is 1. The largest absolute Gasteiger partial charge is 0.478 e. The summed E-state index contributed by atoms with van der Waals surface area (Å²) in [5.41, 5.74) is 6.81. The van der Waals surface area contributed by atoms with Gasteiger partial charge in [0.1, 0.15) is 0 Å². The first kappa shape index (κ1) is 14.3. The molecule has 1 rings (SSSR count). The summed E-state index contributed by atoms with van der Waals surface area (Å²) >= 11 is 0. The lowest BCUT2D eigenvalue weighted by atomic mass is 10.1. The molecule has 0 radical (unpaired) electrons. The van der Waals surface area contributed by atoms with Crippen LogP contribution in [0.4, 0.5) is 11.4 Å². The molecule has 0 bridgehead atoms. The molecule has 0 saturated carbocycles. The molecule has 18 heavy (non-hydrogen) atoms. The first-order chi connectivity index (χ1) is 8.58. The summed E-state index contributed by atoms with van der Waals surface area (Å²) in [6.45, 7) is 7.98. The van der Waals surface area contributed by atoms with Crippen molar-refractivity contribution in [3.63, 3.8) is 0 Å². The highest BCUT2D eigenvalue weighted by atomic mass is 16.4. The Balaban J connectivity index is 2.58. The first-order valence-corrected chi connectivity index (χ1v) is 6.17. The SMILES string of the molecule is CCN(CC)CCNc1ccc(N)c(C(=O)O)c1. The first-order valence-electron chi connectivity index (χ1n) is 6.17. The predicted molar refractivity (Wildman–Crippen MR) is 74.1 cm³/mol. The van der Waals surface area contributed by atoms with Crippen LogP contribution in [0.25, 0.3) is 0 Å². The minimum absolute atomic E-state index is 0.142. The second-order valence-electron chi connectivity index (χ2n) is 4.06. The van der Waals surface area contributed by atoms with Gasteiger partial charge < -0.3 is 21.1 Å². The average molecular weight is 251 g/mol. The van der Waals surface area contributed by atoms with Crippen molar-refractivity contribution in [2.45, 2.75) is 13.8 Å². The standard InChI is InChI=1S/C13H21N3O2/c1-3-16(4-2)8-7-15-10-5-6-12(14)11(9-10)13(17)18/h5-6,9,15H,3-4,7-8,14H2,1-2H3,(H,17,18). The van der Waals surface area contributed by atoms with Crippen LogP contribution in [0.5, 0.6) is 0 Å². The highest BCUT2D eigenvalue weighted by molar-refractivity contribution is 5.94.